The van der Waals surface area contributed by atoms with Crippen LogP contribution in [-0.2, 0) is 9.59 Å². The van der Waals surface area contributed by atoms with Crippen LogP contribution in [0.3, 0.4) is 0 Å². The van der Waals surface area contributed by atoms with Gasteiger partial charge in [0, 0.05) is 19.4 Å². The number of carbonyl (C=O) groups is 2. The molecule has 0 saturated heterocycles. The van der Waals surface area contributed by atoms with Crippen LogP contribution in [-0.4, -0.2) is 58.3 Å². The van der Waals surface area contributed by atoms with Crippen molar-refractivity contribution in [2.45, 2.75) is 6.04 Å². The number of aromatic nitrogens is 2. The zero-order valence-corrected chi connectivity index (χ0v) is 9.78. The molecule has 0 aliphatic heterocycles. The van der Waals surface area contributed by atoms with Crippen molar-refractivity contribution in [1.29, 1.82) is 0 Å². The fraction of sp³-hybridized carbons (Fsp3) is 0.400. The van der Waals surface area contributed by atoms with Crippen molar-refractivity contribution in [3.63, 3.8) is 0 Å². The number of aliphatic hydroxyl groups excluding tert-OH is 1. The number of aliphatic hydroxyl groups is 1. The number of anilines is 1. The van der Waals surface area contributed by atoms with Gasteiger partial charge in [-0.3, -0.25) is 4.79 Å². The number of nitrogens with zero attached hydrogens (tertiary/aromatic N) is 3. The van der Waals surface area contributed by atoms with E-state index in [-0.39, 0.29) is 6.54 Å². The van der Waals surface area contributed by atoms with Gasteiger partial charge in [0.1, 0.15) is 6.04 Å². The lowest BCUT2D eigenvalue weighted by atomic mass is 10.3. The Morgan fingerprint density at radius 2 is 2.06 bits per heavy atom. The largest absolute Gasteiger partial charge is 0.480 e. The summed E-state index contributed by atoms with van der Waals surface area (Å²) in [6, 6.07) is 0.339. The van der Waals surface area contributed by atoms with Crippen molar-refractivity contribution in [3.05, 3.63) is 18.5 Å². The highest BCUT2D eigenvalue weighted by atomic mass is 16.4. The maximum Gasteiger partial charge on any atom is 0.328 e. The molecule has 1 amide bonds. The number of hydrogen-bond donors (Lipinski definition) is 3. The second-order valence-electron chi connectivity index (χ2n) is 3.55. The molecule has 18 heavy (non-hydrogen) atoms. The third-order valence-electron chi connectivity index (χ3n) is 2.09. The molecule has 0 radical (unpaired) electrons. The van der Waals surface area contributed by atoms with Crippen molar-refractivity contribution < 1.29 is 19.8 Å². The summed E-state index contributed by atoms with van der Waals surface area (Å²) in [5.74, 6) is -1.47. The Morgan fingerprint density at radius 3 is 2.56 bits per heavy atom. The third kappa shape index (κ3) is 3.98. The summed E-state index contributed by atoms with van der Waals surface area (Å²) in [5.41, 5.74) is 0. The molecule has 0 fully saturated rings. The predicted octanol–water partition coefficient (Wildman–Crippen LogP) is -1.53. The molecule has 1 heterocycles. The molecule has 1 rings (SSSR count). The Hall–Kier alpha value is -2.22. The first-order valence-corrected chi connectivity index (χ1v) is 5.15. The SMILES string of the molecule is CN(CC(=O)N[C@H](CO)C(=O)O)c1ncccn1. The zero-order chi connectivity index (χ0) is 13.5. The van der Waals surface area contributed by atoms with E-state index in [9.17, 15) is 9.59 Å². The van der Waals surface area contributed by atoms with E-state index in [1.165, 1.54) is 17.3 Å². The van der Waals surface area contributed by atoms with Gasteiger partial charge in [0.2, 0.25) is 11.9 Å². The second kappa shape index (κ2) is 6.50. The van der Waals surface area contributed by atoms with E-state index in [1.54, 1.807) is 13.1 Å². The predicted molar refractivity (Wildman–Crippen MR) is 62.0 cm³/mol. The standard InChI is InChI=1S/C10H14N4O4/c1-14(10-11-3-2-4-12-10)5-8(16)13-7(6-15)9(17)18/h2-4,7,15H,5-6H2,1H3,(H,13,16)(H,17,18)/t7-/m1/s1. The van der Waals surface area contributed by atoms with Gasteiger partial charge in [0.05, 0.1) is 13.2 Å². The Balaban J connectivity index is 2.52. The van der Waals surface area contributed by atoms with Crippen molar-refractivity contribution in [2.75, 3.05) is 25.1 Å². The molecule has 0 aliphatic rings. The summed E-state index contributed by atoms with van der Waals surface area (Å²) in [6.45, 7) is -0.763. The van der Waals surface area contributed by atoms with E-state index in [4.69, 9.17) is 10.2 Å². The Kier molecular flexibility index (Phi) is 5.00. The minimum Gasteiger partial charge on any atom is -0.480 e. The summed E-state index contributed by atoms with van der Waals surface area (Å²) in [7, 11) is 1.60. The maximum absolute atomic E-state index is 11.5. The first-order chi connectivity index (χ1) is 8.54. The minimum absolute atomic E-state index is 0.103. The van der Waals surface area contributed by atoms with Crippen LogP contribution in [0, 0.1) is 0 Å². The molecule has 8 nitrogen and oxygen atoms in total. The van der Waals surface area contributed by atoms with Gasteiger partial charge in [-0.1, -0.05) is 0 Å². The van der Waals surface area contributed by atoms with Gasteiger partial charge < -0.3 is 20.4 Å². The van der Waals surface area contributed by atoms with Gasteiger partial charge in [0.15, 0.2) is 0 Å². The van der Waals surface area contributed by atoms with Crippen LogP contribution in [0.1, 0.15) is 0 Å². The molecule has 0 aromatic carbocycles. The van der Waals surface area contributed by atoms with Gasteiger partial charge >= 0.3 is 5.97 Å². The number of carbonyl (C=O) groups excluding carboxylic acids is 1. The summed E-state index contributed by atoms with van der Waals surface area (Å²) in [6.07, 6.45) is 3.06. The first kappa shape index (κ1) is 13.8. The van der Waals surface area contributed by atoms with E-state index >= 15 is 0 Å². The van der Waals surface area contributed by atoms with Gasteiger partial charge in [-0.15, -0.1) is 0 Å². The Morgan fingerprint density at radius 1 is 1.44 bits per heavy atom. The molecule has 8 heteroatoms. The van der Waals surface area contributed by atoms with E-state index in [2.05, 4.69) is 15.3 Å². The summed E-state index contributed by atoms with van der Waals surface area (Å²) >= 11 is 0. The molecular formula is C10H14N4O4. The van der Waals surface area contributed by atoms with Gasteiger partial charge in [-0.2, -0.15) is 0 Å². The van der Waals surface area contributed by atoms with Crippen LogP contribution in [0.4, 0.5) is 5.95 Å². The smallest absolute Gasteiger partial charge is 0.328 e. The average molecular weight is 254 g/mol. The quantitative estimate of drug-likeness (QED) is 0.564. The van der Waals surface area contributed by atoms with Crippen LogP contribution in [0.5, 0.6) is 0 Å². The summed E-state index contributed by atoms with van der Waals surface area (Å²) in [5, 5.41) is 19.6. The van der Waals surface area contributed by atoms with Crippen molar-refractivity contribution in [2.24, 2.45) is 0 Å². The van der Waals surface area contributed by atoms with E-state index in [0.29, 0.717) is 5.95 Å². The highest BCUT2D eigenvalue weighted by molar-refractivity contribution is 5.86. The molecule has 0 spiro atoms. The van der Waals surface area contributed by atoms with Gasteiger partial charge in [0.25, 0.3) is 0 Å². The topological polar surface area (TPSA) is 116 Å². The fourth-order valence-electron chi connectivity index (χ4n) is 1.20. The van der Waals surface area contributed by atoms with Crippen LogP contribution in [0.2, 0.25) is 0 Å². The first-order valence-electron chi connectivity index (χ1n) is 5.15. The fourth-order valence-corrected chi connectivity index (χ4v) is 1.20. The van der Waals surface area contributed by atoms with Crippen molar-refractivity contribution in [3.8, 4) is 0 Å². The molecule has 1 aromatic heterocycles. The molecular weight excluding hydrogens is 240 g/mol. The van der Waals surface area contributed by atoms with Gasteiger partial charge in [-0.25, -0.2) is 14.8 Å². The number of aliphatic carboxylic acids is 1. The van der Waals surface area contributed by atoms with Crippen LogP contribution in [0.25, 0.3) is 0 Å². The molecule has 0 saturated carbocycles. The number of amides is 1. The third-order valence-corrected chi connectivity index (χ3v) is 2.09. The number of carboxylic acids is 1. The lowest BCUT2D eigenvalue weighted by Crippen LogP contribution is -2.47. The molecule has 0 unspecified atom stereocenters. The Labute approximate surface area is 103 Å². The second-order valence-corrected chi connectivity index (χ2v) is 3.55. The van der Waals surface area contributed by atoms with E-state index in [1.807, 2.05) is 0 Å². The lowest BCUT2D eigenvalue weighted by Gasteiger charge is -2.17. The van der Waals surface area contributed by atoms with Crippen LogP contribution in [0.15, 0.2) is 18.5 Å². The molecule has 0 bridgehead atoms. The highest BCUT2D eigenvalue weighted by Gasteiger charge is 2.19. The summed E-state index contributed by atoms with van der Waals surface area (Å²) in [4.78, 5) is 31.5. The lowest BCUT2D eigenvalue weighted by molar-refractivity contribution is -0.142. The monoisotopic (exact) mass is 254 g/mol. The molecule has 1 atom stereocenters. The van der Waals surface area contributed by atoms with E-state index < -0.39 is 24.5 Å². The molecule has 0 aliphatic carbocycles. The molecule has 98 valence electrons. The van der Waals surface area contributed by atoms with Crippen LogP contribution >= 0.6 is 0 Å². The average Bonchev–Trinajstić information content (AvgIpc) is 2.36. The molecule has 3 N–H and O–H groups in total. The number of carboxylic acid groups (broad SMARTS) is 1. The minimum atomic E-state index is -1.30. The zero-order valence-electron chi connectivity index (χ0n) is 9.78. The van der Waals surface area contributed by atoms with Crippen molar-refractivity contribution in [1.82, 2.24) is 15.3 Å². The van der Waals surface area contributed by atoms with Crippen molar-refractivity contribution >= 4 is 17.8 Å². The maximum atomic E-state index is 11.5. The van der Waals surface area contributed by atoms with E-state index in [0.717, 1.165) is 0 Å². The number of likely N-dealkylation sites (N-methyl/N-ethyl adjacent to an activating group) is 1. The molecule has 1 aromatic rings. The normalized spacial score (nSPS) is 11.7. The summed E-state index contributed by atoms with van der Waals surface area (Å²) < 4.78 is 0. The highest BCUT2D eigenvalue weighted by Crippen LogP contribution is 2.00. The number of nitrogens with one attached hydrogen (secondary N) is 1. The van der Waals surface area contributed by atoms with Crippen LogP contribution < -0.4 is 10.2 Å². The number of hydrogen-bond acceptors (Lipinski definition) is 6. The van der Waals surface area contributed by atoms with Gasteiger partial charge in [-0.05, 0) is 6.07 Å². The Bertz CT molecular complexity index is 412. The number of rotatable bonds is 6.